The Balaban J connectivity index is 1.39. The minimum Gasteiger partial charge on any atom is -0.379 e. The predicted molar refractivity (Wildman–Crippen MR) is 121 cm³/mol. The lowest BCUT2D eigenvalue weighted by atomic mass is 10.0. The van der Waals surface area contributed by atoms with Gasteiger partial charge in [0.1, 0.15) is 0 Å². The number of morpholine rings is 1. The Morgan fingerprint density at radius 2 is 1.90 bits per heavy atom. The minimum absolute atomic E-state index is 0.00706. The number of hydrogen-bond acceptors (Lipinski definition) is 7. The van der Waals surface area contributed by atoms with Crippen molar-refractivity contribution in [3.63, 3.8) is 0 Å². The average Bonchev–Trinajstić information content (AvgIpc) is 3.21. The maximum atomic E-state index is 12.3. The van der Waals surface area contributed by atoms with Gasteiger partial charge in [0, 0.05) is 13.1 Å². The highest BCUT2D eigenvalue weighted by Crippen LogP contribution is 2.25. The standard InChI is InChI=1S/C22H25N5O2S/c1-16(21(17-7-3-2-4-8-17)27-11-13-29-14-12-27)25-26-20(28)15-23-22-24-18-9-5-6-10-19(18)30-22/h2-10,21H,11-15H2,1H3,(H,23,24)(H,26,28)/b25-16-/t21-/m1/s1. The van der Waals surface area contributed by atoms with Gasteiger partial charge >= 0.3 is 0 Å². The largest absolute Gasteiger partial charge is 0.379 e. The number of hydrogen-bond donors (Lipinski definition) is 2. The van der Waals surface area contributed by atoms with Crippen molar-refractivity contribution in [2.24, 2.45) is 5.10 Å². The molecule has 156 valence electrons. The monoisotopic (exact) mass is 423 g/mol. The normalized spacial score (nSPS) is 16.4. The SMILES string of the molecule is C/C(=N/NC(=O)CNc1nc2ccccc2s1)[C@H](c1ccccc1)N1CCOCC1. The van der Waals surface area contributed by atoms with Gasteiger partial charge in [-0.15, -0.1) is 0 Å². The number of thiazole rings is 1. The molecule has 1 aliphatic rings. The zero-order chi connectivity index (χ0) is 20.8. The summed E-state index contributed by atoms with van der Waals surface area (Å²) in [7, 11) is 0. The summed E-state index contributed by atoms with van der Waals surface area (Å²) < 4.78 is 6.58. The molecule has 2 aromatic carbocycles. The molecular weight excluding hydrogens is 398 g/mol. The van der Waals surface area contributed by atoms with Crippen molar-refractivity contribution >= 4 is 38.3 Å². The Bertz CT molecular complexity index is 982. The van der Waals surface area contributed by atoms with E-state index in [1.54, 1.807) is 0 Å². The van der Waals surface area contributed by atoms with E-state index in [9.17, 15) is 4.79 Å². The van der Waals surface area contributed by atoms with Gasteiger partial charge in [0.2, 0.25) is 0 Å². The topological polar surface area (TPSA) is 78.8 Å². The zero-order valence-electron chi connectivity index (χ0n) is 16.9. The van der Waals surface area contributed by atoms with Crippen LogP contribution in [0, 0.1) is 0 Å². The molecule has 0 bridgehead atoms. The molecule has 0 spiro atoms. The second kappa shape index (κ2) is 9.80. The molecule has 0 radical (unpaired) electrons. The fourth-order valence-electron chi connectivity index (χ4n) is 3.54. The number of hydrazone groups is 1. The summed E-state index contributed by atoms with van der Waals surface area (Å²) in [6.45, 7) is 5.14. The number of amides is 1. The fourth-order valence-corrected chi connectivity index (χ4v) is 4.40. The smallest absolute Gasteiger partial charge is 0.259 e. The van der Waals surface area contributed by atoms with Crippen LogP contribution in [-0.4, -0.2) is 54.4 Å². The van der Waals surface area contributed by atoms with Gasteiger partial charge in [-0.25, -0.2) is 10.4 Å². The molecule has 1 aliphatic heterocycles. The van der Waals surface area contributed by atoms with Crippen LogP contribution in [-0.2, 0) is 9.53 Å². The number of carbonyl (C=O) groups excluding carboxylic acids is 1. The highest BCUT2D eigenvalue weighted by molar-refractivity contribution is 7.22. The van der Waals surface area contributed by atoms with E-state index >= 15 is 0 Å². The zero-order valence-corrected chi connectivity index (χ0v) is 17.7. The first-order chi connectivity index (χ1) is 14.7. The van der Waals surface area contributed by atoms with E-state index in [-0.39, 0.29) is 18.5 Å². The number of ether oxygens (including phenoxy) is 1. The third kappa shape index (κ3) is 5.02. The lowest BCUT2D eigenvalue weighted by Gasteiger charge is -2.34. The van der Waals surface area contributed by atoms with Crippen LogP contribution in [0.4, 0.5) is 5.13 Å². The molecule has 3 aromatic rings. The summed E-state index contributed by atoms with van der Waals surface area (Å²) in [5.74, 6) is -0.206. The van der Waals surface area contributed by atoms with Crippen molar-refractivity contribution in [2.45, 2.75) is 13.0 Å². The van der Waals surface area contributed by atoms with Crippen LogP contribution in [0.15, 0.2) is 59.7 Å². The molecule has 0 aliphatic carbocycles. The van der Waals surface area contributed by atoms with Crippen LogP contribution in [0.25, 0.3) is 10.2 Å². The lowest BCUT2D eigenvalue weighted by molar-refractivity contribution is -0.119. The summed E-state index contributed by atoms with van der Waals surface area (Å²) >= 11 is 1.53. The number of nitrogens with one attached hydrogen (secondary N) is 2. The Morgan fingerprint density at radius 1 is 1.17 bits per heavy atom. The molecule has 1 amide bonds. The van der Waals surface area contributed by atoms with E-state index in [1.165, 1.54) is 11.3 Å². The number of anilines is 1. The molecule has 0 saturated carbocycles. The van der Waals surface area contributed by atoms with Gasteiger partial charge in [-0.05, 0) is 24.6 Å². The van der Waals surface area contributed by atoms with E-state index in [0.717, 1.165) is 39.7 Å². The van der Waals surface area contributed by atoms with Gasteiger partial charge in [-0.3, -0.25) is 9.69 Å². The molecular formula is C22H25N5O2S. The molecule has 1 fully saturated rings. The number of benzene rings is 2. The van der Waals surface area contributed by atoms with Gasteiger partial charge in [0.25, 0.3) is 5.91 Å². The Morgan fingerprint density at radius 3 is 2.67 bits per heavy atom. The Labute approximate surface area is 179 Å². The average molecular weight is 424 g/mol. The van der Waals surface area contributed by atoms with Crippen LogP contribution in [0.2, 0.25) is 0 Å². The summed E-state index contributed by atoms with van der Waals surface area (Å²) in [5, 5.41) is 8.21. The maximum Gasteiger partial charge on any atom is 0.259 e. The van der Waals surface area contributed by atoms with Gasteiger partial charge in [0.05, 0.1) is 41.7 Å². The molecule has 2 N–H and O–H groups in total. The van der Waals surface area contributed by atoms with Gasteiger partial charge in [0.15, 0.2) is 5.13 Å². The van der Waals surface area contributed by atoms with Gasteiger partial charge < -0.3 is 10.1 Å². The van der Waals surface area contributed by atoms with Crippen molar-refractivity contribution in [3.8, 4) is 0 Å². The van der Waals surface area contributed by atoms with E-state index in [2.05, 4.69) is 37.9 Å². The molecule has 1 atom stereocenters. The highest BCUT2D eigenvalue weighted by atomic mass is 32.1. The molecule has 30 heavy (non-hydrogen) atoms. The summed E-state index contributed by atoms with van der Waals surface area (Å²) in [6, 6.07) is 18.1. The van der Waals surface area contributed by atoms with E-state index in [4.69, 9.17) is 4.74 Å². The maximum absolute atomic E-state index is 12.3. The minimum atomic E-state index is -0.206. The molecule has 2 heterocycles. The second-order valence-electron chi connectivity index (χ2n) is 7.09. The van der Waals surface area contributed by atoms with Crippen molar-refractivity contribution < 1.29 is 9.53 Å². The second-order valence-corrected chi connectivity index (χ2v) is 8.12. The van der Waals surface area contributed by atoms with Crippen molar-refractivity contribution in [1.29, 1.82) is 0 Å². The van der Waals surface area contributed by atoms with Crippen LogP contribution >= 0.6 is 11.3 Å². The summed E-state index contributed by atoms with van der Waals surface area (Å²) in [6.07, 6.45) is 0. The number of aromatic nitrogens is 1. The first-order valence-corrected chi connectivity index (χ1v) is 10.8. The Hall–Kier alpha value is -2.81. The molecule has 4 rings (SSSR count). The molecule has 0 unspecified atom stereocenters. The van der Waals surface area contributed by atoms with E-state index < -0.39 is 0 Å². The predicted octanol–water partition coefficient (Wildman–Crippen LogP) is 3.27. The number of para-hydroxylation sites is 1. The first kappa shape index (κ1) is 20.5. The molecule has 1 saturated heterocycles. The molecule has 1 aromatic heterocycles. The third-order valence-corrected chi connectivity index (χ3v) is 5.97. The first-order valence-electron chi connectivity index (χ1n) is 10.00. The lowest BCUT2D eigenvalue weighted by Crippen LogP contribution is -2.42. The quantitative estimate of drug-likeness (QED) is 0.450. The van der Waals surface area contributed by atoms with Crippen LogP contribution in [0.1, 0.15) is 18.5 Å². The number of carbonyl (C=O) groups is 1. The van der Waals surface area contributed by atoms with Crippen molar-refractivity contribution in [1.82, 2.24) is 15.3 Å². The fraction of sp³-hybridized carbons (Fsp3) is 0.318. The number of rotatable bonds is 7. The van der Waals surface area contributed by atoms with Crippen molar-refractivity contribution in [2.75, 3.05) is 38.2 Å². The third-order valence-electron chi connectivity index (χ3n) is 4.97. The summed E-state index contributed by atoms with van der Waals surface area (Å²) in [4.78, 5) is 19.2. The Kier molecular flexibility index (Phi) is 6.68. The van der Waals surface area contributed by atoms with Gasteiger partial charge in [-0.1, -0.05) is 53.8 Å². The molecule has 7 nitrogen and oxygen atoms in total. The highest BCUT2D eigenvalue weighted by Gasteiger charge is 2.25. The van der Waals surface area contributed by atoms with Crippen LogP contribution in [0.3, 0.4) is 0 Å². The van der Waals surface area contributed by atoms with E-state index in [1.807, 2.05) is 49.4 Å². The van der Waals surface area contributed by atoms with Gasteiger partial charge in [-0.2, -0.15) is 5.10 Å². The van der Waals surface area contributed by atoms with Crippen LogP contribution in [0.5, 0.6) is 0 Å². The number of nitrogens with zero attached hydrogens (tertiary/aromatic N) is 3. The number of fused-ring (bicyclic) bond motifs is 1. The van der Waals surface area contributed by atoms with Crippen LogP contribution < -0.4 is 10.7 Å². The molecule has 8 heteroatoms. The van der Waals surface area contributed by atoms with Crippen molar-refractivity contribution in [3.05, 3.63) is 60.2 Å². The van der Waals surface area contributed by atoms with E-state index in [0.29, 0.717) is 13.2 Å². The summed E-state index contributed by atoms with van der Waals surface area (Å²) in [5.41, 5.74) is 5.61.